The van der Waals surface area contributed by atoms with Crippen molar-refractivity contribution in [3.8, 4) is 0 Å². The second-order valence-electron chi connectivity index (χ2n) is 7.63. The molecule has 3 heterocycles. The van der Waals surface area contributed by atoms with Crippen molar-refractivity contribution in [2.75, 3.05) is 23.7 Å². The third-order valence-electron chi connectivity index (χ3n) is 6.01. The fraction of sp³-hybridized carbons (Fsp3) is 0.429. The van der Waals surface area contributed by atoms with Gasteiger partial charge in [-0.15, -0.1) is 0 Å². The smallest absolute Gasteiger partial charge is 0.259 e. The number of amides is 1. The van der Waals surface area contributed by atoms with Crippen molar-refractivity contribution in [2.45, 2.75) is 38.6 Å². The quantitative estimate of drug-likeness (QED) is 0.731. The van der Waals surface area contributed by atoms with Crippen LogP contribution in [0, 0.1) is 0 Å². The lowest BCUT2D eigenvalue weighted by atomic mass is 9.91. The number of pyridine rings is 1. The third-order valence-corrected chi connectivity index (χ3v) is 8.12. The van der Waals surface area contributed by atoms with E-state index in [0.717, 1.165) is 29.7 Å². The number of hydrogen-bond acceptors (Lipinski definition) is 4. The molecule has 154 valence electrons. The molecule has 0 spiro atoms. The van der Waals surface area contributed by atoms with Crippen molar-refractivity contribution >= 4 is 33.2 Å². The zero-order chi connectivity index (χ0) is 20.8. The summed E-state index contributed by atoms with van der Waals surface area (Å²) in [6.07, 6.45) is 5.04. The molecule has 8 heteroatoms. The van der Waals surface area contributed by atoms with Gasteiger partial charge < -0.3 is 0 Å². The highest BCUT2D eigenvalue weighted by atomic mass is 35.5. The molecular weight excluding hydrogens is 410 g/mol. The van der Waals surface area contributed by atoms with Gasteiger partial charge in [0.05, 0.1) is 23.7 Å². The van der Waals surface area contributed by atoms with E-state index in [9.17, 15) is 13.2 Å². The van der Waals surface area contributed by atoms with Crippen molar-refractivity contribution in [3.63, 3.8) is 0 Å². The largest absolute Gasteiger partial charge is 0.300 e. The average Bonchev–Trinajstić information content (AvgIpc) is 2.98. The molecule has 1 aromatic carbocycles. The van der Waals surface area contributed by atoms with Gasteiger partial charge in [0.1, 0.15) is 0 Å². The number of piperidine rings is 1. The predicted molar refractivity (Wildman–Crippen MR) is 114 cm³/mol. The first-order chi connectivity index (χ1) is 13.8. The number of anilines is 1. The maximum atomic E-state index is 13.0. The summed E-state index contributed by atoms with van der Waals surface area (Å²) in [5, 5.41) is 0.617. The molecule has 0 aliphatic carbocycles. The van der Waals surface area contributed by atoms with Gasteiger partial charge in [0.25, 0.3) is 5.91 Å². The maximum absolute atomic E-state index is 13.0. The van der Waals surface area contributed by atoms with Crippen molar-refractivity contribution in [3.05, 3.63) is 58.4 Å². The fourth-order valence-corrected chi connectivity index (χ4v) is 5.62. The molecule has 0 unspecified atom stereocenters. The van der Waals surface area contributed by atoms with Gasteiger partial charge in [-0.2, -0.15) is 0 Å². The topological polar surface area (TPSA) is 70.6 Å². The van der Waals surface area contributed by atoms with Crippen LogP contribution in [0.5, 0.6) is 0 Å². The fourth-order valence-electron chi connectivity index (χ4n) is 4.31. The van der Waals surface area contributed by atoms with Crippen LogP contribution in [0.15, 0.2) is 36.7 Å². The zero-order valence-electron chi connectivity index (χ0n) is 16.5. The van der Waals surface area contributed by atoms with Crippen LogP contribution in [0.4, 0.5) is 5.69 Å². The van der Waals surface area contributed by atoms with E-state index >= 15 is 0 Å². The van der Waals surface area contributed by atoms with E-state index in [-0.39, 0.29) is 23.6 Å². The number of carbonyl (C=O) groups is 1. The van der Waals surface area contributed by atoms with Crippen LogP contribution in [0.3, 0.4) is 0 Å². The Labute approximate surface area is 176 Å². The van der Waals surface area contributed by atoms with Gasteiger partial charge in [-0.3, -0.25) is 14.7 Å². The van der Waals surface area contributed by atoms with Gasteiger partial charge in [-0.25, -0.2) is 12.7 Å². The zero-order valence-corrected chi connectivity index (χ0v) is 18.1. The molecule has 6 nitrogen and oxygen atoms in total. The summed E-state index contributed by atoms with van der Waals surface area (Å²) in [6.45, 7) is 4.71. The molecule has 1 atom stereocenters. The Kier molecular flexibility index (Phi) is 5.40. The summed E-state index contributed by atoms with van der Waals surface area (Å²) in [5.41, 5.74) is 3.40. The minimum atomic E-state index is -3.14. The summed E-state index contributed by atoms with van der Waals surface area (Å²) in [6, 6.07) is 7.26. The third kappa shape index (κ3) is 3.67. The highest BCUT2D eigenvalue weighted by Gasteiger charge is 2.35. The van der Waals surface area contributed by atoms with Gasteiger partial charge in [-0.1, -0.05) is 11.6 Å². The lowest BCUT2D eigenvalue weighted by molar-refractivity contribution is 0.0992. The molecule has 1 fully saturated rings. The van der Waals surface area contributed by atoms with Crippen molar-refractivity contribution in [2.24, 2.45) is 0 Å². The van der Waals surface area contributed by atoms with Crippen LogP contribution in [0.25, 0.3) is 0 Å². The molecule has 1 aromatic heterocycles. The van der Waals surface area contributed by atoms with Crippen molar-refractivity contribution in [1.29, 1.82) is 0 Å². The van der Waals surface area contributed by atoms with E-state index < -0.39 is 10.0 Å². The SMILES string of the molecule is CCS(=O)(=O)N1CCC(c2cncc(N3C(=O)c4ccc(Cl)cc4[C@H]3C)c2)CC1. The molecule has 0 bridgehead atoms. The predicted octanol–water partition coefficient (Wildman–Crippen LogP) is 3.99. The first-order valence-corrected chi connectivity index (χ1v) is 11.9. The Morgan fingerprint density at radius 3 is 2.59 bits per heavy atom. The Morgan fingerprint density at radius 1 is 1.17 bits per heavy atom. The van der Waals surface area contributed by atoms with E-state index in [1.54, 1.807) is 34.5 Å². The summed E-state index contributed by atoms with van der Waals surface area (Å²) in [7, 11) is -3.14. The molecule has 4 rings (SSSR count). The van der Waals surface area contributed by atoms with Crippen LogP contribution in [-0.2, 0) is 10.0 Å². The van der Waals surface area contributed by atoms with Gasteiger partial charge in [0, 0.05) is 29.9 Å². The van der Waals surface area contributed by atoms with Gasteiger partial charge in [-0.05, 0) is 68.0 Å². The highest BCUT2D eigenvalue weighted by molar-refractivity contribution is 7.89. The summed E-state index contributed by atoms with van der Waals surface area (Å²) < 4.78 is 25.8. The number of nitrogens with zero attached hydrogens (tertiary/aromatic N) is 3. The standard InChI is InChI=1S/C21H24ClN3O3S/c1-3-29(27,28)24-8-6-15(7-9-24)16-10-18(13-23-12-16)25-14(2)20-11-17(22)4-5-19(20)21(25)26/h4-5,10-15H,3,6-9H2,1-2H3/t14-/m1/s1. The van der Waals surface area contributed by atoms with Crippen LogP contribution in [0.1, 0.15) is 60.1 Å². The molecular formula is C21H24ClN3O3S. The number of sulfonamides is 1. The minimum Gasteiger partial charge on any atom is -0.300 e. The second kappa shape index (κ2) is 7.70. The van der Waals surface area contributed by atoms with Crippen molar-refractivity contribution in [1.82, 2.24) is 9.29 Å². The van der Waals surface area contributed by atoms with E-state index in [1.807, 2.05) is 25.3 Å². The monoisotopic (exact) mass is 433 g/mol. The Hall–Kier alpha value is -1.96. The van der Waals surface area contributed by atoms with Crippen LogP contribution < -0.4 is 4.90 Å². The Morgan fingerprint density at radius 2 is 1.90 bits per heavy atom. The summed E-state index contributed by atoms with van der Waals surface area (Å²) in [5.74, 6) is 0.316. The second-order valence-corrected chi connectivity index (χ2v) is 10.3. The number of aromatic nitrogens is 1. The molecule has 2 aromatic rings. The maximum Gasteiger partial charge on any atom is 0.259 e. The van der Waals surface area contributed by atoms with Gasteiger partial charge in [0.2, 0.25) is 10.0 Å². The highest BCUT2D eigenvalue weighted by Crippen LogP contribution is 2.39. The molecule has 29 heavy (non-hydrogen) atoms. The minimum absolute atomic E-state index is 0.0491. The Bertz CT molecular complexity index is 1050. The average molecular weight is 434 g/mol. The number of halogens is 1. The number of rotatable bonds is 4. The lowest BCUT2D eigenvalue weighted by Gasteiger charge is -2.31. The first kappa shape index (κ1) is 20.3. The summed E-state index contributed by atoms with van der Waals surface area (Å²) in [4.78, 5) is 19.1. The Balaban J connectivity index is 1.56. The molecule has 0 radical (unpaired) electrons. The summed E-state index contributed by atoms with van der Waals surface area (Å²) >= 11 is 6.12. The van der Waals surface area contributed by atoms with E-state index in [1.165, 1.54) is 0 Å². The van der Waals surface area contributed by atoms with E-state index in [2.05, 4.69) is 4.98 Å². The van der Waals surface area contributed by atoms with Crippen LogP contribution in [-0.4, -0.2) is 42.5 Å². The normalized spacial score (nSPS) is 20.9. The number of benzene rings is 1. The lowest BCUT2D eigenvalue weighted by Crippen LogP contribution is -2.38. The van der Waals surface area contributed by atoms with E-state index in [4.69, 9.17) is 11.6 Å². The van der Waals surface area contributed by atoms with Crippen molar-refractivity contribution < 1.29 is 13.2 Å². The van der Waals surface area contributed by atoms with Crippen LogP contribution in [0.2, 0.25) is 5.02 Å². The first-order valence-electron chi connectivity index (χ1n) is 9.87. The molecule has 0 saturated carbocycles. The number of carbonyl (C=O) groups excluding carboxylic acids is 1. The molecule has 1 amide bonds. The van der Waals surface area contributed by atoms with E-state index in [0.29, 0.717) is 23.7 Å². The van der Waals surface area contributed by atoms with Crippen LogP contribution >= 0.6 is 11.6 Å². The van der Waals surface area contributed by atoms with Gasteiger partial charge in [0.15, 0.2) is 0 Å². The van der Waals surface area contributed by atoms with Gasteiger partial charge >= 0.3 is 0 Å². The molecule has 2 aliphatic heterocycles. The molecule has 0 N–H and O–H groups in total. The molecule has 2 aliphatic rings. The molecule has 1 saturated heterocycles. The number of fused-ring (bicyclic) bond motifs is 1. The number of hydrogen-bond donors (Lipinski definition) is 0.